The first kappa shape index (κ1) is 14.3. The molecule has 0 saturated heterocycles. The van der Waals surface area contributed by atoms with Crippen LogP contribution in [0.1, 0.15) is 19.4 Å². The standard InChI is InChI=1S/C15H20N2O/c1-4-10-16-15(18)13(3)17-12(2)11-14-8-6-5-7-9-14/h1,5-9,12-13,17H,10-11H2,2-3H3,(H,16,18). The van der Waals surface area contributed by atoms with E-state index in [-0.39, 0.29) is 24.5 Å². The van der Waals surface area contributed by atoms with Crippen LogP contribution >= 0.6 is 0 Å². The number of amides is 1. The SMILES string of the molecule is C#CCNC(=O)C(C)NC(C)Cc1ccccc1. The van der Waals surface area contributed by atoms with Crippen molar-refractivity contribution in [3.8, 4) is 12.3 Å². The van der Waals surface area contributed by atoms with E-state index in [1.165, 1.54) is 5.56 Å². The fourth-order valence-corrected chi connectivity index (χ4v) is 1.82. The van der Waals surface area contributed by atoms with Gasteiger partial charge in [0.1, 0.15) is 0 Å². The Morgan fingerprint density at radius 2 is 2.00 bits per heavy atom. The second kappa shape index (κ2) is 7.52. The van der Waals surface area contributed by atoms with Crippen molar-refractivity contribution in [3.63, 3.8) is 0 Å². The van der Waals surface area contributed by atoms with Gasteiger partial charge in [0.2, 0.25) is 5.91 Å². The molecular formula is C15H20N2O. The fourth-order valence-electron chi connectivity index (χ4n) is 1.82. The van der Waals surface area contributed by atoms with Crippen molar-refractivity contribution in [2.75, 3.05) is 6.54 Å². The van der Waals surface area contributed by atoms with Crippen LogP contribution in [0.2, 0.25) is 0 Å². The third-order valence-corrected chi connectivity index (χ3v) is 2.68. The van der Waals surface area contributed by atoms with Crippen LogP contribution in [-0.4, -0.2) is 24.5 Å². The van der Waals surface area contributed by atoms with Crippen molar-refractivity contribution in [2.24, 2.45) is 0 Å². The molecule has 1 rings (SSSR count). The van der Waals surface area contributed by atoms with Crippen LogP contribution in [0.3, 0.4) is 0 Å². The molecule has 0 aliphatic rings. The van der Waals surface area contributed by atoms with Gasteiger partial charge in [-0.15, -0.1) is 6.42 Å². The summed E-state index contributed by atoms with van der Waals surface area (Å²) >= 11 is 0. The highest BCUT2D eigenvalue weighted by Crippen LogP contribution is 2.03. The quantitative estimate of drug-likeness (QED) is 0.742. The fraction of sp³-hybridized carbons (Fsp3) is 0.400. The average molecular weight is 244 g/mol. The molecule has 0 heterocycles. The van der Waals surface area contributed by atoms with Gasteiger partial charge in [-0.3, -0.25) is 4.79 Å². The molecule has 0 aliphatic heterocycles. The number of hydrogen-bond acceptors (Lipinski definition) is 2. The predicted molar refractivity (Wildman–Crippen MR) is 74.0 cm³/mol. The zero-order valence-electron chi connectivity index (χ0n) is 10.9. The Hall–Kier alpha value is -1.79. The van der Waals surface area contributed by atoms with E-state index in [9.17, 15) is 4.79 Å². The molecule has 0 saturated carbocycles. The first-order valence-electron chi connectivity index (χ1n) is 6.14. The summed E-state index contributed by atoms with van der Waals surface area (Å²) in [5, 5.41) is 5.92. The van der Waals surface area contributed by atoms with Gasteiger partial charge in [0.25, 0.3) is 0 Å². The van der Waals surface area contributed by atoms with Gasteiger partial charge in [0.05, 0.1) is 12.6 Å². The van der Waals surface area contributed by atoms with E-state index in [0.717, 1.165) is 6.42 Å². The largest absolute Gasteiger partial charge is 0.344 e. The van der Waals surface area contributed by atoms with Crippen molar-refractivity contribution >= 4 is 5.91 Å². The maximum Gasteiger partial charge on any atom is 0.237 e. The number of carbonyl (C=O) groups is 1. The van der Waals surface area contributed by atoms with Crippen LogP contribution in [0, 0.1) is 12.3 Å². The molecule has 2 N–H and O–H groups in total. The summed E-state index contributed by atoms with van der Waals surface area (Å²) < 4.78 is 0. The van der Waals surface area contributed by atoms with Gasteiger partial charge in [0, 0.05) is 6.04 Å². The van der Waals surface area contributed by atoms with E-state index < -0.39 is 0 Å². The van der Waals surface area contributed by atoms with Crippen LogP contribution < -0.4 is 10.6 Å². The topological polar surface area (TPSA) is 41.1 Å². The van der Waals surface area contributed by atoms with Crippen molar-refractivity contribution in [1.82, 2.24) is 10.6 Å². The Labute approximate surface area is 109 Å². The van der Waals surface area contributed by atoms with Crippen LogP contribution in [0.25, 0.3) is 0 Å². The van der Waals surface area contributed by atoms with Crippen LogP contribution in [-0.2, 0) is 11.2 Å². The van der Waals surface area contributed by atoms with Crippen LogP contribution in [0.15, 0.2) is 30.3 Å². The summed E-state index contributed by atoms with van der Waals surface area (Å²) in [5.41, 5.74) is 1.26. The van der Waals surface area contributed by atoms with Gasteiger partial charge in [0.15, 0.2) is 0 Å². The number of benzene rings is 1. The Kier molecular flexibility index (Phi) is 5.96. The molecule has 0 bridgehead atoms. The highest BCUT2D eigenvalue weighted by molar-refractivity contribution is 5.81. The van der Waals surface area contributed by atoms with Crippen molar-refractivity contribution in [2.45, 2.75) is 32.4 Å². The van der Waals surface area contributed by atoms with Gasteiger partial charge in [-0.1, -0.05) is 36.3 Å². The maximum absolute atomic E-state index is 11.6. The third-order valence-electron chi connectivity index (χ3n) is 2.68. The second-order valence-electron chi connectivity index (χ2n) is 4.40. The van der Waals surface area contributed by atoms with E-state index in [2.05, 4.69) is 35.6 Å². The van der Waals surface area contributed by atoms with Crippen LogP contribution in [0.4, 0.5) is 0 Å². The van der Waals surface area contributed by atoms with Gasteiger partial charge >= 0.3 is 0 Å². The zero-order chi connectivity index (χ0) is 13.4. The molecule has 1 amide bonds. The van der Waals surface area contributed by atoms with Gasteiger partial charge in [-0.25, -0.2) is 0 Å². The average Bonchev–Trinajstić information content (AvgIpc) is 2.36. The lowest BCUT2D eigenvalue weighted by Gasteiger charge is -2.19. The van der Waals surface area contributed by atoms with Gasteiger partial charge in [-0.2, -0.15) is 0 Å². The summed E-state index contributed by atoms with van der Waals surface area (Å²) in [5.74, 6) is 2.32. The minimum absolute atomic E-state index is 0.0622. The van der Waals surface area contributed by atoms with E-state index in [1.54, 1.807) is 0 Å². The normalized spacial score (nSPS) is 13.4. The zero-order valence-corrected chi connectivity index (χ0v) is 10.9. The third kappa shape index (κ3) is 5.03. The monoisotopic (exact) mass is 244 g/mol. The summed E-state index contributed by atoms with van der Waals surface area (Å²) in [6.45, 7) is 4.18. The summed E-state index contributed by atoms with van der Waals surface area (Å²) in [6, 6.07) is 10.2. The van der Waals surface area contributed by atoms with E-state index in [1.807, 2.05) is 25.1 Å². The molecule has 3 heteroatoms. The summed E-state index contributed by atoms with van der Waals surface area (Å²) in [7, 11) is 0. The molecule has 1 aromatic rings. The molecule has 0 aliphatic carbocycles. The predicted octanol–water partition coefficient (Wildman–Crippen LogP) is 1.35. The smallest absolute Gasteiger partial charge is 0.237 e. The molecule has 3 nitrogen and oxygen atoms in total. The Balaban J connectivity index is 2.38. The second-order valence-corrected chi connectivity index (χ2v) is 4.40. The number of hydrogen-bond donors (Lipinski definition) is 2. The molecule has 1 aromatic carbocycles. The highest BCUT2D eigenvalue weighted by Gasteiger charge is 2.14. The molecule has 0 spiro atoms. The summed E-state index contributed by atoms with van der Waals surface area (Å²) in [4.78, 5) is 11.6. The molecule has 2 unspecified atom stereocenters. The molecule has 0 radical (unpaired) electrons. The van der Waals surface area contributed by atoms with E-state index in [4.69, 9.17) is 6.42 Å². The lowest BCUT2D eigenvalue weighted by atomic mass is 10.1. The van der Waals surface area contributed by atoms with E-state index in [0.29, 0.717) is 0 Å². The van der Waals surface area contributed by atoms with E-state index >= 15 is 0 Å². The van der Waals surface area contributed by atoms with Gasteiger partial charge < -0.3 is 10.6 Å². The summed E-state index contributed by atoms with van der Waals surface area (Å²) in [6.07, 6.45) is 5.99. The van der Waals surface area contributed by atoms with Crippen LogP contribution in [0.5, 0.6) is 0 Å². The molecule has 0 aromatic heterocycles. The molecular weight excluding hydrogens is 224 g/mol. The van der Waals surface area contributed by atoms with Crippen molar-refractivity contribution in [1.29, 1.82) is 0 Å². The number of carbonyl (C=O) groups excluding carboxylic acids is 1. The first-order valence-corrected chi connectivity index (χ1v) is 6.14. The first-order chi connectivity index (χ1) is 8.63. The van der Waals surface area contributed by atoms with Crippen molar-refractivity contribution < 1.29 is 4.79 Å². The molecule has 18 heavy (non-hydrogen) atoms. The molecule has 0 fully saturated rings. The molecule has 96 valence electrons. The minimum atomic E-state index is -0.239. The number of nitrogens with one attached hydrogen (secondary N) is 2. The highest BCUT2D eigenvalue weighted by atomic mass is 16.2. The lowest BCUT2D eigenvalue weighted by molar-refractivity contribution is -0.122. The molecule has 2 atom stereocenters. The van der Waals surface area contributed by atoms with Crippen molar-refractivity contribution in [3.05, 3.63) is 35.9 Å². The lowest BCUT2D eigenvalue weighted by Crippen LogP contribution is -2.46. The number of rotatable bonds is 6. The Morgan fingerprint density at radius 1 is 1.33 bits per heavy atom. The Morgan fingerprint density at radius 3 is 2.61 bits per heavy atom. The maximum atomic E-state index is 11.6. The van der Waals surface area contributed by atoms with Gasteiger partial charge in [-0.05, 0) is 25.8 Å². The Bertz CT molecular complexity index is 408. The minimum Gasteiger partial charge on any atom is -0.344 e. The number of terminal acetylenes is 1.